The molecule has 0 saturated heterocycles. The van der Waals surface area contributed by atoms with Crippen LogP contribution in [0.15, 0.2) is 24.3 Å². The third kappa shape index (κ3) is 2.54. The summed E-state index contributed by atoms with van der Waals surface area (Å²) in [6, 6.07) is 8.23. The number of amides is 1. The lowest BCUT2D eigenvalue weighted by Crippen LogP contribution is -2.55. The first-order valence-electron chi connectivity index (χ1n) is 9.52. The highest BCUT2D eigenvalue weighted by Crippen LogP contribution is 2.61. The standard InChI is InChI=1S/C21H24ClNOS/c1-12(21-9-13-6-14(10-21)8-15(7-13)11-21)23-20(24)19-18(22)16-4-2-3-5-17(16)25-19/h2-5,12-15H,6-11H2,1H3,(H,23,24)/t12-,13?,14?,15?,21?/m0/s1. The molecule has 2 aromatic rings. The largest absolute Gasteiger partial charge is 0.348 e. The number of benzene rings is 1. The zero-order valence-corrected chi connectivity index (χ0v) is 16.1. The van der Waals surface area contributed by atoms with Crippen molar-refractivity contribution >= 4 is 38.9 Å². The van der Waals surface area contributed by atoms with E-state index < -0.39 is 0 Å². The second kappa shape index (κ2) is 5.72. The van der Waals surface area contributed by atoms with Gasteiger partial charge in [-0.1, -0.05) is 29.8 Å². The monoisotopic (exact) mass is 373 g/mol. The highest BCUT2D eigenvalue weighted by Gasteiger charge is 2.53. The van der Waals surface area contributed by atoms with Crippen molar-refractivity contribution in [1.82, 2.24) is 5.32 Å². The number of carbonyl (C=O) groups excluding carboxylic acids is 1. The number of rotatable bonds is 3. The Labute approximate surface area is 157 Å². The lowest BCUT2D eigenvalue weighted by molar-refractivity contribution is -0.0687. The predicted molar refractivity (Wildman–Crippen MR) is 104 cm³/mol. The van der Waals surface area contributed by atoms with Gasteiger partial charge in [-0.25, -0.2) is 0 Å². The van der Waals surface area contributed by atoms with Gasteiger partial charge in [0, 0.05) is 16.1 Å². The molecule has 25 heavy (non-hydrogen) atoms. The fourth-order valence-electron chi connectivity index (χ4n) is 6.28. The smallest absolute Gasteiger partial charge is 0.263 e. The molecular weight excluding hydrogens is 350 g/mol. The van der Waals surface area contributed by atoms with Crippen molar-refractivity contribution in [3.8, 4) is 0 Å². The summed E-state index contributed by atoms with van der Waals surface area (Å²) in [5.74, 6) is 2.71. The normalized spacial score (nSPS) is 34.4. The number of thiophene rings is 1. The Morgan fingerprint density at radius 2 is 1.76 bits per heavy atom. The van der Waals surface area contributed by atoms with Crippen molar-refractivity contribution in [1.29, 1.82) is 0 Å². The van der Waals surface area contributed by atoms with Crippen LogP contribution in [0.4, 0.5) is 0 Å². The van der Waals surface area contributed by atoms with Crippen LogP contribution in [0.1, 0.15) is 55.1 Å². The van der Waals surface area contributed by atoms with Gasteiger partial charge < -0.3 is 5.32 Å². The molecule has 1 aromatic carbocycles. The lowest BCUT2D eigenvalue weighted by atomic mass is 9.48. The topological polar surface area (TPSA) is 29.1 Å². The van der Waals surface area contributed by atoms with Crippen molar-refractivity contribution in [3.63, 3.8) is 0 Å². The van der Waals surface area contributed by atoms with Crippen molar-refractivity contribution in [3.05, 3.63) is 34.2 Å². The van der Waals surface area contributed by atoms with Gasteiger partial charge in [0.15, 0.2) is 0 Å². The molecule has 4 heteroatoms. The van der Waals surface area contributed by atoms with Crippen LogP contribution in [-0.4, -0.2) is 11.9 Å². The molecule has 6 rings (SSSR count). The lowest BCUT2D eigenvalue weighted by Gasteiger charge is -2.59. The first-order chi connectivity index (χ1) is 12.0. The van der Waals surface area contributed by atoms with Crippen LogP contribution in [0.5, 0.6) is 0 Å². The zero-order valence-electron chi connectivity index (χ0n) is 14.6. The Balaban J connectivity index is 1.39. The van der Waals surface area contributed by atoms with E-state index in [1.54, 1.807) is 0 Å². The molecule has 4 saturated carbocycles. The van der Waals surface area contributed by atoms with Crippen molar-refractivity contribution < 1.29 is 4.79 Å². The van der Waals surface area contributed by atoms with Crippen LogP contribution < -0.4 is 5.32 Å². The van der Waals surface area contributed by atoms with E-state index in [1.165, 1.54) is 49.9 Å². The molecular formula is C21H24ClNOS. The van der Waals surface area contributed by atoms with Gasteiger partial charge in [0.05, 0.1) is 5.02 Å². The minimum Gasteiger partial charge on any atom is -0.348 e. The summed E-state index contributed by atoms with van der Waals surface area (Å²) in [6.45, 7) is 2.23. The molecule has 2 nitrogen and oxygen atoms in total. The molecule has 0 aliphatic heterocycles. The number of carbonyl (C=O) groups is 1. The second-order valence-electron chi connectivity index (χ2n) is 8.72. The number of halogens is 1. The minimum absolute atomic E-state index is 0.00875. The molecule has 132 valence electrons. The van der Waals surface area contributed by atoms with Crippen LogP contribution in [-0.2, 0) is 0 Å². The number of nitrogens with one attached hydrogen (secondary N) is 1. The maximum Gasteiger partial charge on any atom is 0.263 e. The second-order valence-corrected chi connectivity index (χ2v) is 10.1. The summed E-state index contributed by atoms with van der Waals surface area (Å²) in [4.78, 5) is 13.6. The highest BCUT2D eigenvalue weighted by molar-refractivity contribution is 7.21. The van der Waals surface area contributed by atoms with Crippen molar-refractivity contribution in [2.75, 3.05) is 0 Å². The molecule has 4 fully saturated rings. The predicted octanol–water partition coefficient (Wildman–Crippen LogP) is 5.89. The Hall–Kier alpha value is -1.06. The van der Waals surface area contributed by atoms with Gasteiger partial charge in [-0.2, -0.15) is 0 Å². The number of hydrogen-bond acceptors (Lipinski definition) is 2. The fraction of sp³-hybridized carbons (Fsp3) is 0.571. The van der Waals surface area contributed by atoms with E-state index in [4.69, 9.17) is 11.6 Å². The average molecular weight is 374 g/mol. The molecule has 0 spiro atoms. The van der Waals surface area contributed by atoms with Gasteiger partial charge in [-0.05, 0) is 74.7 Å². The Kier molecular flexibility index (Phi) is 3.69. The van der Waals surface area contributed by atoms with Gasteiger partial charge in [0.2, 0.25) is 0 Å². The minimum atomic E-state index is 0.00875. The molecule has 1 aromatic heterocycles. The van der Waals surface area contributed by atoms with Crippen LogP contribution >= 0.6 is 22.9 Å². The summed E-state index contributed by atoms with van der Waals surface area (Å²) < 4.78 is 1.08. The third-order valence-electron chi connectivity index (χ3n) is 7.09. The van der Waals surface area contributed by atoms with E-state index in [0.29, 0.717) is 15.3 Å². The first-order valence-corrected chi connectivity index (χ1v) is 10.7. The molecule has 4 bridgehead atoms. The van der Waals surface area contributed by atoms with Crippen molar-refractivity contribution in [2.24, 2.45) is 23.2 Å². The molecule has 1 atom stereocenters. The van der Waals surface area contributed by atoms with Gasteiger partial charge >= 0.3 is 0 Å². The molecule has 0 radical (unpaired) electrons. The summed E-state index contributed by atoms with van der Waals surface area (Å²) in [7, 11) is 0. The van der Waals surface area contributed by atoms with E-state index >= 15 is 0 Å². The molecule has 4 aliphatic carbocycles. The number of fused-ring (bicyclic) bond motifs is 1. The van der Waals surface area contributed by atoms with Gasteiger partial charge in [-0.15, -0.1) is 11.3 Å². The van der Waals surface area contributed by atoms with Gasteiger partial charge in [0.25, 0.3) is 5.91 Å². The SMILES string of the molecule is C[C@H](NC(=O)c1sc2ccccc2c1Cl)C12CC3CC(CC(C3)C1)C2. The highest BCUT2D eigenvalue weighted by atomic mass is 35.5. The molecule has 4 aliphatic rings. The summed E-state index contributed by atoms with van der Waals surface area (Å²) >= 11 is 8.01. The molecule has 0 unspecified atom stereocenters. The van der Waals surface area contributed by atoms with E-state index in [0.717, 1.165) is 27.8 Å². The summed E-state index contributed by atoms with van der Waals surface area (Å²) in [5, 5.41) is 4.94. The first kappa shape index (κ1) is 16.1. The average Bonchev–Trinajstić information content (AvgIpc) is 2.91. The maximum atomic E-state index is 13.0. The Morgan fingerprint density at radius 1 is 1.16 bits per heavy atom. The van der Waals surface area contributed by atoms with Crippen LogP contribution in [0, 0.1) is 23.2 Å². The molecule has 1 heterocycles. The van der Waals surface area contributed by atoms with E-state index in [1.807, 2.05) is 24.3 Å². The third-order valence-corrected chi connectivity index (χ3v) is 8.77. The Bertz CT molecular complexity index is 806. The molecule has 1 amide bonds. The van der Waals surface area contributed by atoms with E-state index in [2.05, 4.69) is 12.2 Å². The maximum absolute atomic E-state index is 13.0. The fourth-order valence-corrected chi connectivity index (χ4v) is 7.70. The quantitative estimate of drug-likeness (QED) is 0.714. The Morgan fingerprint density at radius 3 is 2.36 bits per heavy atom. The van der Waals surface area contributed by atoms with Gasteiger partial charge in [0.1, 0.15) is 4.88 Å². The van der Waals surface area contributed by atoms with Crippen LogP contribution in [0.3, 0.4) is 0 Å². The van der Waals surface area contributed by atoms with Crippen LogP contribution in [0.25, 0.3) is 10.1 Å². The molecule has 1 N–H and O–H groups in total. The van der Waals surface area contributed by atoms with E-state index in [-0.39, 0.29) is 11.9 Å². The summed E-state index contributed by atoms with van der Waals surface area (Å²) in [6.07, 6.45) is 8.22. The number of hydrogen-bond donors (Lipinski definition) is 1. The summed E-state index contributed by atoms with van der Waals surface area (Å²) in [5.41, 5.74) is 0.327. The van der Waals surface area contributed by atoms with E-state index in [9.17, 15) is 4.79 Å². The zero-order chi connectivity index (χ0) is 17.2. The van der Waals surface area contributed by atoms with Crippen LogP contribution in [0.2, 0.25) is 5.02 Å². The van der Waals surface area contributed by atoms with Crippen molar-refractivity contribution in [2.45, 2.75) is 51.5 Å². The van der Waals surface area contributed by atoms with Gasteiger partial charge in [-0.3, -0.25) is 4.79 Å².